The molecule has 11 heavy (non-hydrogen) atoms. The van der Waals surface area contributed by atoms with Crippen LogP contribution in [0.2, 0.25) is 0 Å². The Morgan fingerprint density at radius 3 is 3.00 bits per heavy atom. The van der Waals surface area contributed by atoms with E-state index in [-0.39, 0.29) is 0 Å². The number of nitrogens with two attached hydrogens (primary N) is 1. The molecule has 0 atom stereocenters. The standard InChI is InChI=1S/C7H8N2OS/c1-5-4-9-7(11-5)3-2-6(8)10/h2-4H,1H3,(H2,8,10). The molecule has 0 spiro atoms. The zero-order valence-electron chi connectivity index (χ0n) is 6.07. The largest absolute Gasteiger partial charge is 0.366 e. The third-order valence-electron chi connectivity index (χ3n) is 1.03. The number of hydrogen-bond donors (Lipinski definition) is 1. The molecule has 2 N–H and O–H groups in total. The Balaban J connectivity index is 2.71. The van der Waals surface area contributed by atoms with Gasteiger partial charge in [-0.15, -0.1) is 11.3 Å². The van der Waals surface area contributed by atoms with Crippen LogP contribution in [0.3, 0.4) is 0 Å². The second-order valence-corrected chi connectivity index (χ2v) is 3.31. The molecule has 0 aliphatic heterocycles. The lowest BCUT2D eigenvalue weighted by Crippen LogP contribution is -2.04. The van der Waals surface area contributed by atoms with Gasteiger partial charge >= 0.3 is 0 Å². The van der Waals surface area contributed by atoms with Crippen LogP contribution in [-0.4, -0.2) is 10.9 Å². The summed E-state index contributed by atoms with van der Waals surface area (Å²) in [7, 11) is 0. The molecule has 0 aliphatic carbocycles. The topological polar surface area (TPSA) is 56.0 Å². The maximum Gasteiger partial charge on any atom is 0.241 e. The normalized spacial score (nSPS) is 10.6. The summed E-state index contributed by atoms with van der Waals surface area (Å²) in [5.41, 5.74) is 4.90. The lowest BCUT2D eigenvalue weighted by atomic mass is 10.5. The molecule has 58 valence electrons. The van der Waals surface area contributed by atoms with Gasteiger partial charge in [0.1, 0.15) is 5.01 Å². The molecule has 3 nitrogen and oxygen atoms in total. The number of primary amides is 1. The first-order valence-electron chi connectivity index (χ1n) is 3.08. The van der Waals surface area contributed by atoms with Crippen LogP contribution in [0.25, 0.3) is 6.08 Å². The molecule has 1 rings (SSSR count). The van der Waals surface area contributed by atoms with Crippen LogP contribution in [0.5, 0.6) is 0 Å². The fourth-order valence-electron chi connectivity index (χ4n) is 0.603. The minimum atomic E-state index is -0.446. The average Bonchev–Trinajstić information content (AvgIpc) is 2.31. The number of aromatic nitrogens is 1. The van der Waals surface area contributed by atoms with Crippen molar-refractivity contribution in [1.29, 1.82) is 0 Å². The molecule has 0 aliphatic rings. The predicted octanol–water partition coefficient (Wildman–Crippen LogP) is 0.950. The SMILES string of the molecule is Cc1cnc(C=CC(N)=O)s1. The third-order valence-corrected chi connectivity index (χ3v) is 1.91. The second kappa shape index (κ2) is 3.30. The van der Waals surface area contributed by atoms with E-state index in [1.165, 1.54) is 17.4 Å². The van der Waals surface area contributed by atoms with Gasteiger partial charge in [-0.3, -0.25) is 4.79 Å². The first-order chi connectivity index (χ1) is 5.18. The lowest BCUT2D eigenvalue weighted by Gasteiger charge is -1.79. The second-order valence-electron chi connectivity index (χ2n) is 2.04. The predicted molar refractivity (Wildman–Crippen MR) is 45.1 cm³/mol. The van der Waals surface area contributed by atoms with Crippen molar-refractivity contribution in [2.24, 2.45) is 5.73 Å². The zero-order valence-corrected chi connectivity index (χ0v) is 6.89. The molecule has 1 aromatic heterocycles. The van der Waals surface area contributed by atoms with Gasteiger partial charge in [-0.1, -0.05) is 0 Å². The molecule has 1 aromatic rings. The van der Waals surface area contributed by atoms with Crippen LogP contribution in [-0.2, 0) is 4.79 Å². The summed E-state index contributed by atoms with van der Waals surface area (Å²) in [4.78, 5) is 15.4. The number of rotatable bonds is 2. The van der Waals surface area contributed by atoms with Crippen LogP contribution in [0.15, 0.2) is 12.3 Å². The molecule has 0 saturated carbocycles. The maximum atomic E-state index is 10.3. The molecule has 1 amide bonds. The molecule has 4 heteroatoms. The average molecular weight is 168 g/mol. The van der Waals surface area contributed by atoms with Gasteiger partial charge in [0.2, 0.25) is 5.91 Å². The van der Waals surface area contributed by atoms with Gasteiger partial charge in [0.15, 0.2) is 0 Å². The van der Waals surface area contributed by atoms with E-state index < -0.39 is 5.91 Å². The van der Waals surface area contributed by atoms with Crippen LogP contribution in [0.4, 0.5) is 0 Å². The van der Waals surface area contributed by atoms with Crippen LogP contribution >= 0.6 is 11.3 Å². The Morgan fingerprint density at radius 2 is 2.55 bits per heavy atom. The van der Waals surface area contributed by atoms with Crippen molar-refractivity contribution >= 4 is 23.3 Å². The monoisotopic (exact) mass is 168 g/mol. The van der Waals surface area contributed by atoms with Crippen molar-refractivity contribution in [3.8, 4) is 0 Å². The van der Waals surface area contributed by atoms with Gasteiger partial charge in [0.25, 0.3) is 0 Å². The Kier molecular flexibility index (Phi) is 2.38. The Morgan fingerprint density at radius 1 is 1.82 bits per heavy atom. The summed E-state index contributed by atoms with van der Waals surface area (Å²) in [6.07, 6.45) is 4.67. The highest BCUT2D eigenvalue weighted by Gasteiger charge is 1.92. The van der Waals surface area contributed by atoms with E-state index in [1.807, 2.05) is 6.92 Å². The van der Waals surface area contributed by atoms with Crippen LogP contribution in [0.1, 0.15) is 9.88 Å². The van der Waals surface area contributed by atoms with Gasteiger partial charge in [-0.2, -0.15) is 0 Å². The van der Waals surface area contributed by atoms with Gasteiger partial charge in [0.05, 0.1) is 0 Å². The molecule has 0 fully saturated rings. The van der Waals surface area contributed by atoms with Crippen LogP contribution in [0, 0.1) is 6.92 Å². The first kappa shape index (κ1) is 7.94. The summed E-state index contributed by atoms with van der Waals surface area (Å²) in [6.45, 7) is 1.96. The van der Waals surface area contributed by atoms with Crippen molar-refractivity contribution in [3.63, 3.8) is 0 Å². The molecule has 0 radical (unpaired) electrons. The molecule has 0 unspecified atom stereocenters. The van der Waals surface area contributed by atoms with Gasteiger partial charge < -0.3 is 5.73 Å². The smallest absolute Gasteiger partial charge is 0.241 e. The fraction of sp³-hybridized carbons (Fsp3) is 0.143. The number of nitrogens with zero attached hydrogens (tertiary/aromatic N) is 1. The number of amides is 1. The van der Waals surface area contributed by atoms with E-state index in [4.69, 9.17) is 5.73 Å². The molecule has 0 bridgehead atoms. The highest BCUT2D eigenvalue weighted by Crippen LogP contribution is 2.11. The maximum absolute atomic E-state index is 10.3. The molecular weight excluding hydrogens is 160 g/mol. The van der Waals surface area contributed by atoms with Crippen molar-refractivity contribution in [1.82, 2.24) is 4.98 Å². The lowest BCUT2D eigenvalue weighted by molar-refractivity contribution is -0.113. The van der Waals surface area contributed by atoms with Gasteiger partial charge in [-0.05, 0) is 13.0 Å². The highest BCUT2D eigenvalue weighted by atomic mass is 32.1. The van der Waals surface area contributed by atoms with E-state index in [1.54, 1.807) is 12.3 Å². The van der Waals surface area contributed by atoms with Gasteiger partial charge in [0, 0.05) is 17.2 Å². The van der Waals surface area contributed by atoms with E-state index in [9.17, 15) is 4.79 Å². The van der Waals surface area contributed by atoms with Gasteiger partial charge in [-0.25, -0.2) is 4.98 Å². The summed E-state index contributed by atoms with van der Waals surface area (Å²) < 4.78 is 0. The van der Waals surface area contributed by atoms with Crippen molar-refractivity contribution < 1.29 is 4.79 Å². The van der Waals surface area contributed by atoms with Crippen molar-refractivity contribution in [3.05, 3.63) is 22.2 Å². The molecule has 1 heterocycles. The number of carbonyl (C=O) groups is 1. The summed E-state index contributed by atoms with van der Waals surface area (Å²) in [6, 6.07) is 0. The quantitative estimate of drug-likeness (QED) is 0.668. The summed E-state index contributed by atoms with van der Waals surface area (Å²) >= 11 is 1.52. The molecular formula is C7H8N2OS. The number of thiazole rings is 1. The zero-order chi connectivity index (χ0) is 8.27. The van der Waals surface area contributed by atoms with E-state index in [2.05, 4.69) is 4.98 Å². The molecule has 0 aromatic carbocycles. The Hall–Kier alpha value is -1.16. The summed E-state index contributed by atoms with van der Waals surface area (Å²) in [5, 5.41) is 0.807. The van der Waals surface area contributed by atoms with Crippen LogP contribution < -0.4 is 5.73 Å². The minimum Gasteiger partial charge on any atom is -0.366 e. The highest BCUT2D eigenvalue weighted by molar-refractivity contribution is 7.12. The minimum absolute atomic E-state index is 0.446. The summed E-state index contributed by atoms with van der Waals surface area (Å²) in [5.74, 6) is -0.446. The third kappa shape index (κ3) is 2.51. The van der Waals surface area contributed by atoms with Crippen molar-refractivity contribution in [2.75, 3.05) is 0 Å². The number of carbonyl (C=O) groups excluding carboxylic acids is 1. The Bertz CT molecular complexity index is 290. The molecule has 0 saturated heterocycles. The van der Waals surface area contributed by atoms with E-state index in [0.29, 0.717) is 0 Å². The number of hydrogen-bond acceptors (Lipinski definition) is 3. The Labute approximate surface area is 68.6 Å². The van der Waals surface area contributed by atoms with E-state index >= 15 is 0 Å². The van der Waals surface area contributed by atoms with Crippen molar-refractivity contribution in [2.45, 2.75) is 6.92 Å². The first-order valence-corrected chi connectivity index (χ1v) is 3.90. The number of aryl methyl sites for hydroxylation is 1. The fourth-order valence-corrected chi connectivity index (χ4v) is 1.28. The van der Waals surface area contributed by atoms with E-state index in [0.717, 1.165) is 9.88 Å².